The molecule has 1 aromatic heterocycles. The minimum absolute atomic E-state index is 0.0515. The predicted octanol–water partition coefficient (Wildman–Crippen LogP) is 0.537. The third-order valence-electron chi connectivity index (χ3n) is 3.32. The van der Waals surface area contributed by atoms with Crippen molar-refractivity contribution in [1.29, 1.82) is 0 Å². The van der Waals surface area contributed by atoms with E-state index in [4.69, 9.17) is 5.11 Å². The first kappa shape index (κ1) is 12.6. The lowest BCUT2D eigenvalue weighted by molar-refractivity contribution is 0.0690. The van der Waals surface area contributed by atoms with Gasteiger partial charge in [0.1, 0.15) is 5.69 Å². The van der Waals surface area contributed by atoms with Gasteiger partial charge in [-0.3, -0.25) is 4.79 Å². The van der Waals surface area contributed by atoms with Gasteiger partial charge in [-0.2, -0.15) is 0 Å². The summed E-state index contributed by atoms with van der Waals surface area (Å²) >= 11 is 0. The van der Waals surface area contributed by atoms with Crippen molar-refractivity contribution in [2.75, 3.05) is 13.1 Å². The molecule has 2 rings (SSSR count). The number of carboxylic acid groups (broad SMARTS) is 1. The first-order chi connectivity index (χ1) is 8.41. The van der Waals surface area contributed by atoms with Crippen LogP contribution in [0.4, 0.5) is 0 Å². The van der Waals surface area contributed by atoms with E-state index >= 15 is 0 Å². The van der Waals surface area contributed by atoms with E-state index in [0.29, 0.717) is 36.3 Å². The number of aliphatic hydroxyl groups excluding tert-OH is 1. The summed E-state index contributed by atoms with van der Waals surface area (Å²) in [6.07, 6.45) is 0.0903. The molecule has 18 heavy (non-hydrogen) atoms. The van der Waals surface area contributed by atoms with Crippen LogP contribution in [0.2, 0.25) is 0 Å². The van der Waals surface area contributed by atoms with Crippen molar-refractivity contribution in [3.63, 3.8) is 0 Å². The lowest BCUT2D eigenvalue weighted by Gasteiger charge is -2.15. The third-order valence-corrected chi connectivity index (χ3v) is 3.32. The fourth-order valence-electron chi connectivity index (χ4n) is 2.37. The highest BCUT2D eigenvalue weighted by atomic mass is 16.4. The fraction of sp³-hybridized carbons (Fsp3) is 0.500. The van der Waals surface area contributed by atoms with E-state index < -0.39 is 12.1 Å². The minimum Gasteiger partial charge on any atom is -0.477 e. The summed E-state index contributed by atoms with van der Waals surface area (Å²) in [7, 11) is 0. The molecule has 0 bridgehead atoms. The molecule has 1 fully saturated rings. The number of H-pyrrole nitrogens is 1. The number of hydrogen-bond acceptors (Lipinski definition) is 3. The first-order valence-electron chi connectivity index (χ1n) is 5.81. The SMILES string of the molecule is Cc1[nH]c(C(=O)O)c(C)c1C(=O)N1CCC(O)C1. The number of aromatic carboxylic acids is 1. The van der Waals surface area contributed by atoms with Crippen LogP contribution in [0.5, 0.6) is 0 Å². The molecule has 1 unspecified atom stereocenters. The van der Waals surface area contributed by atoms with Crippen LogP contribution in [-0.2, 0) is 0 Å². The van der Waals surface area contributed by atoms with Gasteiger partial charge in [-0.05, 0) is 25.8 Å². The minimum atomic E-state index is -1.07. The van der Waals surface area contributed by atoms with Crippen LogP contribution in [0.1, 0.15) is 38.5 Å². The zero-order chi connectivity index (χ0) is 13.4. The largest absolute Gasteiger partial charge is 0.477 e. The molecule has 3 N–H and O–H groups in total. The van der Waals surface area contributed by atoms with Gasteiger partial charge in [-0.15, -0.1) is 0 Å². The van der Waals surface area contributed by atoms with Crippen LogP contribution < -0.4 is 0 Å². The number of aromatic amines is 1. The Morgan fingerprint density at radius 3 is 2.50 bits per heavy atom. The topological polar surface area (TPSA) is 93.6 Å². The molecule has 1 aromatic rings. The molecule has 6 nitrogen and oxygen atoms in total. The second-order valence-corrected chi connectivity index (χ2v) is 4.62. The number of carboxylic acids is 1. The van der Waals surface area contributed by atoms with Crippen LogP contribution >= 0.6 is 0 Å². The maximum atomic E-state index is 12.3. The Balaban J connectivity index is 2.33. The molecular formula is C12H16N2O4. The van der Waals surface area contributed by atoms with Crippen LogP contribution in [-0.4, -0.2) is 51.2 Å². The number of carbonyl (C=O) groups excluding carboxylic acids is 1. The first-order valence-corrected chi connectivity index (χ1v) is 5.81. The number of β-amino-alcohol motifs (C(OH)–C–C–N with tert-alkyl or cyclic N) is 1. The van der Waals surface area contributed by atoms with Gasteiger partial charge >= 0.3 is 5.97 Å². The van der Waals surface area contributed by atoms with E-state index in [0.717, 1.165) is 0 Å². The summed E-state index contributed by atoms with van der Waals surface area (Å²) in [4.78, 5) is 27.5. The molecule has 0 aliphatic carbocycles. The summed E-state index contributed by atoms with van der Waals surface area (Å²) in [5.74, 6) is -1.29. The van der Waals surface area contributed by atoms with E-state index in [2.05, 4.69) is 4.98 Å². The monoisotopic (exact) mass is 252 g/mol. The number of aliphatic hydroxyl groups is 1. The number of likely N-dealkylation sites (tertiary alicyclic amines) is 1. The molecule has 1 aliphatic rings. The van der Waals surface area contributed by atoms with Gasteiger partial charge in [-0.25, -0.2) is 4.79 Å². The van der Waals surface area contributed by atoms with Crippen molar-refractivity contribution in [2.45, 2.75) is 26.4 Å². The highest BCUT2D eigenvalue weighted by Crippen LogP contribution is 2.22. The third kappa shape index (κ3) is 1.99. The zero-order valence-corrected chi connectivity index (χ0v) is 10.4. The maximum absolute atomic E-state index is 12.3. The summed E-state index contributed by atoms with van der Waals surface area (Å²) < 4.78 is 0. The van der Waals surface area contributed by atoms with Gasteiger partial charge in [0, 0.05) is 18.8 Å². The van der Waals surface area contributed by atoms with Crippen molar-refractivity contribution < 1.29 is 19.8 Å². The van der Waals surface area contributed by atoms with E-state index in [1.807, 2.05) is 0 Å². The summed E-state index contributed by atoms with van der Waals surface area (Å²) in [6, 6.07) is 0. The average Bonchev–Trinajstić information content (AvgIpc) is 2.83. The molecule has 2 heterocycles. The van der Waals surface area contributed by atoms with Crippen molar-refractivity contribution in [3.05, 3.63) is 22.5 Å². The number of nitrogens with zero attached hydrogens (tertiary/aromatic N) is 1. The molecule has 1 aliphatic heterocycles. The Hall–Kier alpha value is -1.82. The molecule has 98 valence electrons. The summed E-state index contributed by atoms with van der Waals surface area (Å²) in [5, 5.41) is 18.4. The smallest absolute Gasteiger partial charge is 0.352 e. The number of carbonyl (C=O) groups is 2. The molecule has 1 atom stereocenters. The summed E-state index contributed by atoms with van der Waals surface area (Å²) in [5.41, 5.74) is 1.46. The number of amides is 1. The number of aromatic nitrogens is 1. The van der Waals surface area contributed by atoms with Crippen LogP contribution in [0, 0.1) is 13.8 Å². The van der Waals surface area contributed by atoms with Crippen LogP contribution in [0.3, 0.4) is 0 Å². The Kier molecular flexibility index (Phi) is 3.13. The van der Waals surface area contributed by atoms with Gasteiger partial charge in [0.05, 0.1) is 11.7 Å². The van der Waals surface area contributed by atoms with Gasteiger partial charge < -0.3 is 20.1 Å². The summed E-state index contributed by atoms with van der Waals surface area (Å²) in [6.45, 7) is 4.11. The van der Waals surface area contributed by atoms with E-state index in [9.17, 15) is 14.7 Å². The number of hydrogen-bond donors (Lipinski definition) is 3. The number of aryl methyl sites for hydroxylation is 1. The van der Waals surface area contributed by atoms with Crippen LogP contribution in [0.25, 0.3) is 0 Å². The average molecular weight is 252 g/mol. The number of rotatable bonds is 2. The second-order valence-electron chi connectivity index (χ2n) is 4.62. The predicted molar refractivity (Wildman–Crippen MR) is 63.8 cm³/mol. The molecule has 0 spiro atoms. The Bertz CT molecular complexity index is 506. The molecule has 1 amide bonds. The van der Waals surface area contributed by atoms with Gasteiger partial charge in [0.2, 0.25) is 0 Å². The Labute approximate surface area is 104 Å². The van der Waals surface area contributed by atoms with E-state index in [1.54, 1.807) is 18.7 Å². The van der Waals surface area contributed by atoms with E-state index in [-0.39, 0.29) is 11.6 Å². The van der Waals surface area contributed by atoms with Gasteiger partial charge in [0.25, 0.3) is 5.91 Å². The van der Waals surface area contributed by atoms with Crippen molar-refractivity contribution in [3.8, 4) is 0 Å². The van der Waals surface area contributed by atoms with Gasteiger partial charge in [-0.1, -0.05) is 0 Å². The van der Waals surface area contributed by atoms with Crippen molar-refractivity contribution in [1.82, 2.24) is 9.88 Å². The van der Waals surface area contributed by atoms with Crippen molar-refractivity contribution >= 4 is 11.9 Å². The quantitative estimate of drug-likeness (QED) is 0.716. The highest BCUT2D eigenvalue weighted by Gasteiger charge is 2.29. The lowest BCUT2D eigenvalue weighted by atomic mass is 10.1. The Morgan fingerprint density at radius 1 is 1.39 bits per heavy atom. The normalized spacial score (nSPS) is 19.3. The standard InChI is InChI=1S/C12H16N2O4/c1-6-9(7(2)13-10(6)12(17)18)11(16)14-4-3-8(15)5-14/h8,13,15H,3-5H2,1-2H3,(H,17,18). The lowest BCUT2D eigenvalue weighted by Crippen LogP contribution is -2.30. The molecule has 1 saturated heterocycles. The van der Waals surface area contributed by atoms with Gasteiger partial charge in [0.15, 0.2) is 0 Å². The van der Waals surface area contributed by atoms with Crippen molar-refractivity contribution in [2.24, 2.45) is 0 Å². The molecule has 0 aromatic carbocycles. The molecule has 0 radical (unpaired) electrons. The number of nitrogens with one attached hydrogen (secondary N) is 1. The molecule has 6 heteroatoms. The fourth-order valence-corrected chi connectivity index (χ4v) is 2.37. The molecular weight excluding hydrogens is 236 g/mol. The Morgan fingerprint density at radius 2 is 2.06 bits per heavy atom. The maximum Gasteiger partial charge on any atom is 0.352 e. The molecule has 0 saturated carbocycles. The highest BCUT2D eigenvalue weighted by molar-refractivity contribution is 6.00. The zero-order valence-electron chi connectivity index (χ0n) is 10.4. The second kappa shape index (κ2) is 4.45. The van der Waals surface area contributed by atoms with E-state index in [1.165, 1.54) is 0 Å². The van der Waals surface area contributed by atoms with Crippen LogP contribution in [0.15, 0.2) is 0 Å².